The molecule has 118 valence electrons. The number of carbonyl (C=O) groups excluding carboxylic acids is 1. The third kappa shape index (κ3) is 3.21. The normalized spacial score (nSPS) is 12.1. The van der Waals surface area contributed by atoms with Gasteiger partial charge in [-0.2, -0.15) is 0 Å². The van der Waals surface area contributed by atoms with E-state index >= 15 is 0 Å². The lowest BCUT2D eigenvalue weighted by atomic mass is 9.88. The average Bonchev–Trinajstić information content (AvgIpc) is 3.07. The van der Waals surface area contributed by atoms with E-state index in [2.05, 4.69) is 23.2 Å². The lowest BCUT2D eigenvalue weighted by Crippen LogP contribution is -2.10. The fraction of sp³-hybridized carbons (Fsp3) is 0.211. The molecule has 1 atom stereocenters. The first-order chi connectivity index (χ1) is 11.2. The van der Waals surface area contributed by atoms with Crippen molar-refractivity contribution in [3.8, 4) is 5.75 Å². The number of hydrogen-bond acceptors (Lipinski definition) is 3. The summed E-state index contributed by atoms with van der Waals surface area (Å²) in [5.41, 5.74) is 3.15. The van der Waals surface area contributed by atoms with Crippen LogP contribution in [0, 0.1) is 0 Å². The van der Waals surface area contributed by atoms with Crippen molar-refractivity contribution in [3.63, 3.8) is 0 Å². The zero-order chi connectivity index (χ0) is 16.2. The molecule has 4 heteroatoms. The highest BCUT2D eigenvalue weighted by molar-refractivity contribution is 5.80. The van der Waals surface area contributed by atoms with Crippen LogP contribution in [0.2, 0.25) is 0 Å². The van der Waals surface area contributed by atoms with Gasteiger partial charge in [0.2, 0.25) is 0 Å². The van der Waals surface area contributed by atoms with Crippen LogP contribution >= 0.6 is 0 Å². The van der Waals surface area contributed by atoms with E-state index in [-0.39, 0.29) is 18.3 Å². The van der Waals surface area contributed by atoms with E-state index in [4.69, 9.17) is 9.47 Å². The third-order valence-corrected chi connectivity index (χ3v) is 4.08. The summed E-state index contributed by atoms with van der Waals surface area (Å²) in [6.07, 6.45) is 2.20. The maximum atomic E-state index is 11.9. The Kier molecular flexibility index (Phi) is 4.33. The highest BCUT2D eigenvalue weighted by Gasteiger charge is 2.20. The largest absolute Gasteiger partial charge is 0.497 e. The number of ether oxygens (including phenoxy) is 2. The summed E-state index contributed by atoms with van der Waals surface area (Å²) >= 11 is 0. The van der Waals surface area contributed by atoms with Crippen LogP contribution in [0.1, 0.15) is 23.5 Å². The van der Waals surface area contributed by atoms with Crippen LogP contribution in [0.5, 0.6) is 5.75 Å². The topological polar surface area (TPSA) is 51.3 Å². The van der Waals surface area contributed by atoms with Crippen LogP contribution in [-0.4, -0.2) is 25.2 Å². The summed E-state index contributed by atoms with van der Waals surface area (Å²) in [6, 6.07) is 16.0. The Balaban J connectivity index is 2.04. The van der Waals surface area contributed by atoms with E-state index in [1.165, 1.54) is 7.11 Å². The molecule has 4 nitrogen and oxygen atoms in total. The quantitative estimate of drug-likeness (QED) is 0.728. The summed E-state index contributed by atoms with van der Waals surface area (Å²) in [7, 11) is 3.05. The Morgan fingerprint density at radius 3 is 2.70 bits per heavy atom. The van der Waals surface area contributed by atoms with Crippen molar-refractivity contribution in [2.24, 2.45) is 0 Å². The van der Waals surface area contributed by atoms with E-state index in [1.54, 1.807) is 7.11 Å². The van der Waals surface area contributed by atoms with Gasteiger partial charge in [0.05, 0.1) is 20.6 Å². The maximum Gasteiger partial charge on any atom is 0.306 e. The standard InChI is InChI=1S/C19H19NO3/c1-22-16-5-3-4-14(10-16)17(12-19(21)23-2)15-7-6-13-8-9-20-18(13)11-15/h3-11,17,20H,12H2,1-2H3. The number of esters is 1. The Morgan fingerprint density at radius 1 is 1.09 bits per heavy atom. The molecule has 3 aromatic rings. The van der Waals surface area contributed by atoms with Gasteiger partial charge in [-0.25, -0.2) is 0 Å². The molecule has 1 heterocycles. The third-order valence-electron chi connectivity index (χ3n) is 4.08. The van der Waals surface area contributed by atoms with Crippen molar-refractivity contribution in [1.29, 1.82) is 0 Å². The minimum absolute atomic E-state index is 0.0785. The van der Waals surface area contributed by atoms with E-state index < -0.39 is 0 Å². The maximum absolute atomic E-state index is 11.9. The van der Waals surface area contributed by atoms with E-state index in [0.29, 0.717) is 0 Å². The van der Waals surface area contributed by atoms with Gasteiger partial charge >= 0.3 is 5.97 Å². The predicted molar refractivity (Wildman–Crippen MR) is 89.8 cm³/mol. The zero-order valence-electron chi connectivity index (χ0n) is 13.2. The Labute approximate surface area is 135 Å². The van der Waals surface area contributed by atoms with Crippen molar-refractivity contribution in [2.75, 3.05) is 14.2 Å². The minimum atomic E-state index is -0.232. The predicted octanol–water partition coefficient (Wildman–Crippen LogP) is 3.87. The van der Waals surface area contributed by atoms with Crippen LogP contribution in [0.3, 0.4) is 0 Å². The van der Waals surface area contributed by atoms with Gasteiger partial charge in [0.15, 0.2) is 0 Å². The number of benzene rings is 2. The Morgan fingerprint density at radius 2 is 1.91 bits per heavy atom. The molecule has 0 aliphatic rings. The highest BCUT2D eigenvalue weighted by atomic mass is 16.5. The van der Waals surface area contributed by atoms with Gasteiger partial charge in [-0.05, 0) is 40.8 Å². The summed E-state index contributed by atoms with van der Waals surface area (Å²) in [4.78, 5) is 15.1. The molecular formula is C19H19NO3. The lowest BCUT2D eigenvalue weighted by Gasteiger charge is -2.18. The minimum Gasteiger partial charge on any atom is -0.497 e. The zero-order valence-corrected chi connectivity index (χ0v) is 13.2. The second kappa shape index (κ2) is 6.57. The number of nitrogens with one attached hydrogen (secondary N) is 1. The van der Waals surface area contributed by atoms with E-state index in [1.807, 2.05) is 36.5 Å². The number of H-pyrrole nitrogens is 1. The van der Waals surface area contributed by atoms with Gasteiger partial charge in [0.1, 0.15) is 5.75 Å². The highest BCUT2D eigenvalue weighted by Crippen LogP contribution is 2.32. The number of carbonyl (C=O) groups is 1. The number of fused-ring (bicyclic) bond motifs is 1. The van der Waals surface area contributed by atoms with Crippen molar-refractivity contribution >= 4 is 16.9 Å². The van der Waals surface area contributed by atoms with Crippen molar-refractivity contribution in [1.82, 2.24) is 4.98 Å². The van der Waals surface area contributed by atoms with Gasteiger partial charge in [0, 0.05) is 17.6 Å². The molecule has 0 fully saturated rings. The molecule has 0 bridgehead atoms. The van der Waals surface area contributed by atoms with Gasteiger partial charge in [-0.1, -0.05) is 24.3 Å². The number of hydrogen-bond donors (Lipinski definition) is 1. The van der Waals surface area contributed by atoms with Gasteiger partial charge in [-0.15, -0.1) is 0 Å². The first-order valence-corrected chi connectivity index (χ1v) is 7.49. The second-order valence-corrected chi connectivity index (χ2v) is 5.43. The number of rotatable bonds is 5. The summed E-state index contributed by atoms with van der Waals surface area (Å²) in [5.74, 6) is 0.466. The summed E-state index contributed by atoms with van der Waals surface area (Å²) in [5, 5.41) is 1.15. The number of methoxy groups -OCH3 is 2. The molecule has 0 aliphatic heterocycles. The van der Waals surface area contributed by atoms with Crippen molar-refractivity contribution in [3.05, 3.63) is 65.9 Å². The number of aromatic nitrogens is 1. The molecule has 0 saturated heterocycles. The SMILES string of the molecule is COC(=O)CC(c1cccc(OC)c1)c1ccc2cc[nH]c2c1. The molecule has 0 amide bonds. The van der Waals surface area contributed by atoms with E-state index in [0.717, 1.165) is 27.8 Å². The van der Waals surface area contributed by atoms with Crippen molar-refractivity contribution in [2.45, 2.75) is 12.3 Å². The smallest absolute Gasteiger partial charge is 0.306 e. The Hall–Kier alpha value is -2.75. The molecule has 3 rings (SSSR count). The van der Waals surface area contributed by atoms with Crippen LogP contribution in [0.25, 0.3) is 10.9 Å². The van der Waals surface area contributed by atoms with Gasteiger partial charge in [0.25, 0.3) is 0 Å². The van der Waals surface area contributed by atoms with Crippen LogP contribution < -0.4 is 4.74 Å². The van der Waals surface area contributed by atoms with Crippen molar-refractivity contribution < 1.29 is 14.3 Å². The average molecular weight is 309 g/mol. The molecule has 2 aromatic carbocycles. The molecule has 1 aromatic heterocycles. The number of aromatic amines is 1. The molecule has 0 aliphatic carbocycles. The van der Waals surface area contributed by atoms with Gasteiger partial charge in [-0.3, -0.25) is 4.79 Å². The molecule has 0 saturated carbocycles. The summed E-state index contributed by atoms with van der Waals surface area (Å²) < 4.78 is 10.2. The van der Waals surface area contributed by atoms with Crippen LogP contribution in [-0.2, 0) is 9.53 Å². The Bertz CT molecular complexity index is 822. The fourth-order valence-electron chi connectivity index (χ4n) is 2.82. The first kappa shape index (κ1) is 15.2. The molecule has 1 unspecified atom stereocenters. The molecule has 1 N–H and O–H groups in total. The van der Waals surface area contributed by atoms with E-state index in [9.17, 15) is 4.79 Å². The molecule has 23 heavy (non-hydrogen) atoms. The van der Waals surface area contributed by atoms with Crippen LogP contribution in [0.4, 0.5) is 0 Å². The second-order valence-electron chi connectivity index (χ2n) is 5.43. The van der Waals surface area contributed by atoms with Gasteiger partial charge < -0.3 is 14.5 Å². The first-order valence-electron chi connectivity index (χ1n) is 7.49. The molecule has 0 radical (unpaired) electrons. The van der Waals surface area contributed by atoms with Crippen LogP contribution in [0.15, 0.2) is 54.7 Å². The lowest BCUT2D eigenvalue weighted by molar-refractivity contribution is -0.140. The summed E-state index contributed by atoms with van der Waals surface area (Å²) in [6.45, 7) is 0. The molecule has 0 spiro atoms. The molecular weight excluding hydrogens is 290 g/mol. The monoisotopic (exact) mass is 309 g/mol. The fourth-order valence-corrected chi connectivity index (χ4v) is 2.82.